The minimum atomic E-state index is -0.461. The van der Waals surface area contributed by atoms with Crippen LogP contribution in [0.1, 0.15) is 0 Å². The minimum Gasteiger partial charge on any atom is -0.272 e. The molecular weight excluding hydrogens is 268 g/mol. The zero-order chi connectivity index (χ0) is 10.7. The summed E-state index contributed by atoms with van der Waals surface area (Å²) >= 11 is 22.6. The summed E-state index contributed by atoms with van der Waals surface area (Å²) in [4.78, 5) is 11.1. The number of rotatable bonds is 2. The van der Waals surface area contributed by atoms with Crippen molar-refractivity contribution < 1.29 is 4.79 Å². The monoisotopic (exact) mass is 271 g/mol. The maximum Gasteiger partial charge on any atom is 0.256 e. The molecule has 0 unspecified atom stereocenters. The largest absolute Gasteiger partial charge is 0.272 e. The molecule has 0 aromatic heterocycles. The average Bonchev–Trinajstić information content (AvgIpc) is 2.19. The lowest BCUT2D eigenvalue weighted by Gasteiger charge is -2.13. The average molecular weight is 273 g/mol. The second kappa shape index (κ2) is 5.08. The molecule has 76 valence electrons. The maximum atomic E-state index is 11.1. The van der Waals surface area contributed by atoms with Crippen LogP contribution >= 0.6 is 46.6 Å². The first-order valence-electron chi connectivity index (χ1n) is 3.56. The molecule has 14 heavy (non-hydrogen) atoms. The van der Waals surface area contributed by atoms with E-state index >= 15 is 0 Å². The van der Waals surface area contributed by atoms with Gasteiger partial charge in [0.25, 0.3) is 5.91 Å². The Morgan fingerprint density at radius 1 is 1.36 bits per heavy atom. The Bertz CT molecular complexity index is 355. The van der Waals surface area contributed by atoms with Crippen molar-refractivity contribution in [2.45, 2.75) is 0 Å². The highest BCUT2D eigenvalue weighted by molar-refractivity contribution is 6.45. The molecule has 0 aliphatic rings. The Labute approximate surface area is 101 Å². The van der Waals surface area contributed by atoms with E-state index in [2.05, 4.69) is 0 Å². The van der Waals surface area contributed by atoms with E-state index in [0.29, 0.717) is 15.7 Å². The molecule has 1 amide bonds. The molecule has 1 aromatic rings. The molecule has 0 aliphatic carbocycles. The van der Waals surface area contributed by atoms with E-state index in [-0.39, 0.29) is 5.88 Å². The van der Waals surface area contributed by atoms with Crippen molar-refractivity contribution in [3.63, 3.8) is 0 Å². The number of carbonyl (C=O) groups is 1. The third-order valence-electron chi connectivity index (χ3n) is 1.45. The molecule has 1 aromatic carbocycles. The summed E-state index contributed by atoms with van der Waals surface area (Å²) in [6, 6.07) is 4.64. The summed E-state index contributed by atoms with van der Waals surface area (Å²) < 4.78 is 0.848. The quantitative estimate of drug-likeness (QED) is 0.594. The minimum absolute atomic E-state index is 0.216. The van der Waals surface area contributed by atoms with Crippen LogP contribution in [-0.2, 0) is 4.79 Å². The van der Waals surface area contributed by atoms with Crippen LogP contribution in [-0.4, -0.2) is 11.8 Å². The van der Waals surface area contributed by atoms with Crippen LogP contribution in [0.15, 0.2) is 18.2 Å². The number of carbonyl (C=O) groups excluding carboxylic acids is 1. The molecule has 6 heteroatoms. The Morgan fingerprint density at radius 2 is 2.00 bits per heavy atom. The molecule has 0 N–H and O–H groups in total. The van der Waals surface area contributed by atoms with Gasteiger partial charge in [0.1, 0.15) is 5.88 Å². The molecule has 0 aliphatic heterocycles. The molecule has 1 rings (SSSR count). The van der Waals surface area contributed by atoms with Crippen molar-refractivity contribution in [3.8, 4) is 0 Å². The fraction of sp³-hybridized carbons (Fsp3) is 0.125. The maximum absolute atomic E-state index is 11.1. The Kier molecular flexibility index (Phi) is 4.32. The third kappa shape index (κ3) is 2.67. The predicted octanol–water partition coefficient (Wildman–Crippen LogP) is 3.72. The Hall–Kier alpha value is -0.150. The van der Waals surface area contributed by atoms with E-state index in [9.17, 15) is 4.79 Å². The number of nitrogens with zero attached hydrogens (tertiary/aromatic N) is 1. The van der Waals surface area contributed by atoms with Gasteiger partial charge in [-0.2, -0.15) is 0 Å². The number of amides is 1. The molecule has 0 saturated heterocycles. The first kappa shape index (κ1) is 11.9. The van der Waals surface area contributed by atoms with Crippen molar-refractivity contribution in [2.24, 2.45) is 0 Å². The van der Waals surface area contributed by atoms with Gasteiger partial charge in [0, 0.05) is 16.8 Å². The standard InChI is InChI=1S/C8H5Cl4NO/c9-4-8(14)13(12)7-3-5(10)1-2-6(7)11/h1-3H,4H2. The molecule has 0 heterocycles. The predicted molar refractivity (Wildman–Crippen MR) is 60.5 cm³/mol. The fourth-order valence-electron chi connectivity index (χ4n) is 0.823. The van der Waals surface area contributed by atoms with Crippen LogP contribution in [0.25, 0.3) is 0 Å². The summed E-state index contributed by atoms with van der Waals surface area (Å²) in [6.45, 7) is 0. The molecule has 0 saturated carbocycles. The van der Waals surface area contributed by atoms with Gasteiger partial charge in [0.2, 0.25) is 0 Å². The molecule has 0 fully saturated rings. The number of benzene rings is 1. The van der Waals surface area contributed by atoms with E-state index in [1.54, 1.807) is 12.1 Å². The van der Waals surface area contributed by atoms with Crippen molar-refractivity contribution >= 4 is 58.2 Å². The summed E-state index contributed by atoms with van der Waals surface area (Å²) in [6.07, 6.45) is 0. The molecular formula is C8H5Cl4NO. The van der Waals surface area contributed by atoms with Gasteiger partial charge in [0.05, 0.1) is 10.7 Å². The van der Waals surface area contributed by atoms with Gasteiger partial charge in [-0.15, -0.1) is 11.6 Å². The molecule has 0 atom stereocenters. The topological polar surface area (TPSA) is 20.3 Å². The van der Waals surface area contributed by atoms with Crippen LogP contribution in [0.3, 0.4) is 0 Å². The summed E-state index contributed by atoms with van der Waals surface area (Å²) in [5, 5.41) is 0.778. The van der Waals surface area contributed by atoms with Gasteiger partial charge < -0.3 is 0 Å². The van der Waals surface area contributed by atoms with E-state index in [1.165, 1.54) is 6.07 Å². The number of hydrogen-bond donors (Lipinski definition) is 0. The van der Waals surface area contributed by atoms with Crippen molar-refractivity contribution in [1.82, 2.24) is 0 Å². The number of halogens is 4. The fourth-order valence-corrected chi connectivity index (χ4v) is 1.62. The lowest BCUT2D eigenvalue weighted by atomic mass is 10.3. The zero-order valence-electron chi connectivity index (χ0n) is 6.81. The van der Waals surface area contributed by atoms with Crippen molar-refractivity contribution in [1.29, 1.82) is 0 Å². The van der Waals surface area contributed by atoms with Crippen LogP contribution in [0.5, 0.6) is 0 Å². The second-order valence-corrected chi connectivity index (χ2v) is 3.85. The number of hydrogen-bond acceptors (Lipinski definition) is 1. The Balaban J connectivity index is 3.05. The third-order valence-corrected chi connectivity index (χ3v) is 2.61. The van der Waals surface area contributed by atoms with Gasteiger partial charge >= 0.3 is 0 Å². The Morgan fingerprint density at radius 3 is 2.57 bits per heavy atom. The van der Waals surface area contributed by atoms with Gasteiger partial charge in [-0.05, 0) is 18.2 Å². The normalized spacial score (nSPS) is 10.0. The highest BCUT2D eigenvalue weighted by Gasteiger charge is 2.15. The van der Waals surface area contributed by atoms with Gasteiger partial charge in [0.15, 0.2) is 0 Å². The van der Waals surface area contributed by atoms with Crippen LogP contribution in [0.2, 0.25) is 10.0 Å². The lowest BCUT2D eigenvalue weighted by molar-refractivity contribution is -0.115. The molecule has 0 bridgehead atoms. The summed E-state index contributed by atoms with van der Waals surface area (Å²) in [5.41, 5.74) is 0.325. The highest BCUT2D eigenvalue weighted by Crippen LogP contribution is 2.30. The first-order chi connectivity index (χ1) is 6.56. The highest BCUT2D eigenvalue weighted by atomic mass is 35.5. The van der Waals surface area contributed by atoms with E-state index in [4.69, 9.17) is 46.6 Å². The zero-order valence-corrected chi connectivity index (χ0v) is 9.83. The number of alkyl halides is 1. The first-order valence-corrected chi connectivity index (χ1v) is 5.19. The van der Waals surface area contributed by atoms with E-state index in [1.807, 2.05) is 0 Å². The molecule has 0 spiro atoms. The van der Waals surface area contributed by atoms with Crippen molar-refractivity contribution in [2.75, 3.05) is 10.3 Å². The smallest absolute Gasteiger partial charge is 0.256 e. The van der Waals surface area contributed by atoms with E-state index < -0.39 is 5.91 Å². The van der Waals surface area contributed by atoms with Gasteiger partial charge in [-0.25, -0.2) is 4.42 Å². The van der Waals surface area contributed by atoms with Gasteiger partial charge in [-0.1, -0.05) is 23.2 Å². The second-order valence-electron chi connectivity index (χ2n) is 2.40. The molecule has 0 radical (unpaired) electrons. The van der Waals surface area contributed by atoms with Crippen LogP contribution < -0.4 is 4.42 Å². The summed E-state index contributed by atoms with van der Waals surface area (Å²) in [5.74, 6) is -0.677. The van der Waals surface area contributed by atoms with Crippen LogP contribution in [0, 0.1) is 0 Å². The SMILES string of the molecule is O=C(CCl)N(Cl)c1cc(Cl)ccc1Cl. The number of anilines is 1. The van der Waals surface area contributed by atoms with E-state index in [0.717, 1.165) is 4.42 Å². The lowest BCUT2D eigenvalue weighted by Crippen LogP contribution is -2.21. The summed E-state index contributed by atoms with van der Waals surface area (Å²) in [7, 11) is 0. The van der Waals surface area contributed by atoms with Crippen LogP contribution in [0.4, 0.5) is 5.69 Å². The van der Waals surface area contributed by atoms with Gasteiger partial charge in [-0.3, -0.25) is 4.79 Å². The molecule has 2 nitrogen and oxygen atoms in total. The van der Waals surface area contributed by atoms with Crippen molar-refractivity contribution in [3.05, 3.63) is 28.2 Å².